The third-order valence-corrected chi connectivity index (χ3v) is 6.52. The standard InChI is InChI=1S/C28H23ClN2O5/c1-3-36-18-11-9-17(10-12-18)31-25(20-15-30-22-7-5-4-6-19(20)22)24(27(33)28(31)34)26(32)16-8-13-21(29)23(14-16)35-2/h4-15,25,30,32H,3H2,1-2H3/b26-24+. The number of nitrogens with zero attached hydrogens (tertiary/aromatic N) is 1. The van der Waals surface area contributed by atoms with Gasteiger partial charge in [-0.2, -0.15) is 0 Å². The molecule has 1 aromatic heterocycles. The number of carbonyl (C=O) groups is 2. The Morgan fingerprint density at radius 2 is 1.83 bits per heavy atom. The number of anilines is 1. The fraction of sp³-hybridized carbons (Fsp3) is 0.143. The summed E-state index contributed by atoms with van der Waals surface area (Å²) in [5, 5.41) is 12.6. The molecule has 5 rings (SSSR count). The Labute approximate surface area is 212 Å². The third-order valence-electron chi connectivity index (χ3n) is 6.21. The van der Waals surface area contributed by atoms with Crippen LogP contribution in [0.1, 0.15) is 24.1 Å². The lowest BCUT2D eigenvalue weighted by Crippen LogP contribution is -2.29. The molecule has 1 unspecified atom stereocenters. The van der Waals surface area contributed by atoms with E-state index >= 15 is 0 Å². The highest BCUT2D eigenvalue weighted by Gasteiger charge is 2.47. The molecule has 8 heteroatoms. The van der Waals surface area contributed by atoms with Crippen LogP contribution < -0.4 is 14.4 Å². The van der Waals surface area contributed by atoms with E-state index in [0.717, 1.165) is 10.9 Å². The number of methoxy groups -OCH3 is 1. The monoisotopic (exact) mass is 502 g/mol. The van der Waals surface area contributed by atoms with E-state index in [1.54, 1.807) is 42.6 Å². The van der Waals surface area contributed by atoms with E-state index in [1.807, 2.05) is 31.2 Å². The number of ether oxygens (including phenoxy) is 2. The van der Waals surface area contributed by atoms with Gasteiger partial charge in [0.2, 0.25) is 0 Å². The largest absolute Gasteiger partial charge is 0.507 e. The Hall–Kier alpha value is -4.23. The number of amides is 1. The van der Waals surface area contributed by atoms with Crippen LogP contribution in [0.15, 0.2) is 78.5 Å². The molecule has 1 fully saturated rings. The molecule has 4 aromatic rings. The van der Waals surface area contributed by atoms with Crippen molar-refractivity contribution in [2.24, 2.45) is 0 Å². The Balaban J connectivity index is 1.73. The van der Waals surface area contributed by atoms with Crippen LogP contribution in [0.2, 0.25) is 5.02 Å². The van der Waals surface area contributed by atoms with Crippen molar-refractivity contribution >= 4 is 45.6 Å². The van der Waals surface area contributed by atoms with Gasteiger partial charge in [-0.3, -0.25) is 14.5 Å². The molecule has 0 radical (unpaired) electrons. The van der Waals surface area contributed by atoms with Crippen molar-refractivity contribution < 1.29 is 24.2 Å². The number of fused-ring (bicyclic) bond motifs is 1. The van der Waals surface area contributed by atoms with Crippen molar-refractivity contribution in [3.05, 3.63) is 94.6 Å². The number of rotatable bonds is 6. The second kappa shape index (κ2) is 9.43. The van der Waals surface area contributed by atoms with Gasteiger partial charge in [-0.05, 0) is 55.5 Å². The summed E-state index contributed by atoms with van der Waals surface area (Å²) in [5.74, 6) is -0.852. The molecule has 36 heavy (non-hydrogen) atoms. The first-order valence-electron chi connectivity index (χ1n) is 11.4. The highest BCUT2D eigenvalue weighted by Crippen LogP contribution is 2.45. The van der Waals surface area contributed by atoms with Gasteiger partial charge in [-0.25, -0.2) is 0 Å². The number of hydrogen-bond acceptors (Lipinski definition) is 5. The van der Waals surface area contributed by atoms with Gasteiger partial charge in [-0.15, -0.1) is 0 Å². The van der Waals surface area contributed by atoms with Crippen molar-refractivity contribution in [2.45, 2.75) is 13.0 Å². The Morgan fingerprint density at radius 3 is 2.56 bits per heavy atom. The first-order valence-corrected chi connectivity index (χ1v) is 11.8. The maximum absolute atomic E-state index is 13.4. The number of hydrogen-bond donors (Lipinski definition) is 2. The number of aliphatic hydroxyl groups is 1. The van der Waals surface area contributed by atoms with Crippen molar-refractivity contribution in [1.82, 2.24) is 4.98 Å². The normalized spacial score (nSPS) is 17.1. The number of ketones is 1. The van der Waals surface area contributed by atoms with Gasteiger partial charge in [0.1, 0.15) is 17.3 Å². The average Bonchev–Trinajstić information content (AvgIpc) is 3.43. The first-order chi connectivity index (χ1) is 17.4. The second-order valence-electron chi connectivity index (χ2n) is 8.23. The van der Waals surface area contributed by atoms with E-state index in [1.165, 1.54) is 18.1 Å². The zero-order valence-electron chi connectivity index (χ0n) is 19.6. The van der Waals surface area contributed by atoms with Gasteiger partial charge >= 0.3 is 0 Å². The minimum atomic E-state index is -0.874. The molecule has 1 atom stereocenters. The lowest BCUT2D eigenvalue weighted by Gasteiger charge is -2.25. The summed E-state index contributed by atoms with van der Waals surface area (Å²) < 4.78 is 10.8. The Kier molecular flexibility index (Phi) is 6.16. The summed E-state index contributed by atoms with van der Waals surface area (Å²) in [5.41, 5.74) is 2.32. The molecular formula is C28H23ClN2O5. The minimum absolute atomic E-state index is 0.0250. The number of H-pyrrole nitrogens is 1. The van der Waals surface area contributed by atoms with E-state index in [4.69, 9.17) is 21.1 Å². The molecule has 0 saturated carbocycles. The van der Waals surface area contributed by atoms with Gasteiger partial charge in [0.15, 0.2) is 0 Å². The number of aromatic amines is 1. The minimum Gasteiger partial charge on any atom is -0.507 e. The predicted molar refractivity (Wildman–Crippen MR) is 139 cm³/mol. The SMILES string of the molecule is CCOc1ccc(N2C(=O)C(=O)/C(=C(/O)c3ccc(Cl)c(OC)c3)C2c2c[nH]c3ccccc23)cc1. The number of Topliss-reactive ketones (excluding diaryl/α,β-unsaturated/α-hetero) is 1. The van der Waals surface area contributed by atoms with E-state index in [0.29, 0.717) is 39.9 Å². The summed E-state index contributed by atoms with van der Waals surface area (Å²) >= 11 is 6.16. The van der Waals surface area contributed by atoms with Crippen molar-refractivity contribution in [1.29, 1.82) is 0 Å². The molecule has 1 saturated heterocycles. The Bertz CT molecular complexity index is 1510. The summed E-state index contributed by atoms with van der Waals surface area (Å²) in [6, 6.07) is 18.3. The summed E-state index contributed by atoms with van der Waals surface area (Å²) in [6.07, 6.45) is 1.76. The number of carbonyl (C=O) groups excluding carboxylic acids is 2. The molecule has 0 bridgehead atoms. The molecule has 3 aromatic carbocycles. The quantitative estimate of drug-likeness (QED) is 0.196. The lowest BCUT2D eigenvalue weighted by atomic mass is 9.94. The van der Waals surface area contributed by atoms with E-state index in [-0.39, 0.29) is 11.3 Å². The van der Waals surface area contributed by atoms with Crippen LogP contribution in [0, 0.1) is 0 Å². The first kappa shape index (κ1) is 23.5. The summed E-state index contributed by atoms with van der Waals surface area (Å²) in [6.45, 7) is 2.39. The molecule has 2 N–H and O–H groups in total. The van der Waals surface area contributed by atoms with Crippen molar-refractivity contribution in [3.63, 3.8) is 0 Å². The maximum atomic E-state index is 13.4. The number of aromatic nitrogens is 1. The second-order valence-corrected chi connectivity index (χ2v) is 8.64. The van der Waals surface area contributed by atoms with Gasteiger partial charge in [0.05, 0.1) is 30.4 Å². The fourth-order valence-electron chi connectivity index (χ4n) is 4.55. The number of nitrogens with one attached hydrogen (secondary N) is 1. The topological polar surface area (TPSA) is 91.9 Å². The number of benzene rings is 3. The number of halogens is 1. The van der Waals surface area contributed by atoms with E-state index < -0.39 is 17.7 Å². The molecule has 1 aliphatic heterocycles. The van der Waals surface area contributed by atoms with Crippen LogP contribution >= 0.6 is 11.6 Å². The van der Waals surface area contributed by atoms with Gasteiger partial charge in [0.25, 0.3) is 11.7 Å². The van der Waals surface area contributed by atoms with Gasteiger partial charge in [0, 0.05) is 33.9 Å². The van der Waals surface area contributed by atoms with Crippen LogP contribution in [0.4, 0.5) is 5.69 Å². The van der Waals surface area contributed by atoms with Crippen molar-refractivity contribution in [2.75, 3.05) is 18.6 Å². The summed E-state index contributed by atoms with van der Waals surface area (Å²) in [7, 11) is 1.46. The highest BCUT2D eigenvalue weighted by molar-refractivity contribution is 6.52. The molecular weight excluding hydrogens is 480 g/mol. The predicted octanol–water partition coefficient (Wildman–Crippen LogP) is 5.85. The van der Waals surface area contributed by atoms with Gasteiger partial charge < -0.3 is 19.6 Å². The van der Waals surface area contributed by atoms with Crippen LogP contribution in [-0.2, 0) is 9.59 Å². The zero-order valence-corrected chi connectivity index (χ0v) is 20.4. The molecule has 1 amide bonds. The lowest BCUT2D eigenvalue weighted by molar-refractivity contribution is -0.132. The molecule has 2 heterocycles. The number of aliphatic hydroxyl groups excluding tert-OH is 1. The number of para-hydroxylation sites is 1. The average molecular weight is 503 g/mol. The third kappa shape index (κ3) is 3.87. The molecule has 1 aliphatic rings. The van der Waals surface area contributed by atoms with E-state index in [2.05, 4.69) is 4.98 Å². The van der Waals surface area contributed by atoms with Crippen LogP contribution in [-0.4, -0.2) is 35.5 Å². The maximum Gasteiger partial charge on any atom is 0.300 e. The van der Waals surface area contributed by atoms with Crippen molar-refractivity contribution in [3.8, 4) is 11.5 Å². The molecule has 0 aliphatic carbocycles. The fourth-order valence-corrected chi connectivity index (χ4v) is 4.74. The smallest absolute Gasteiger partial charge is 0.300 e. The zero-order chi connectivity index (χ0) is 25.4. The molecule has 7 nitrogen and oxygen atoms in total. The van der Waals surface area contributed by atoms with Crippen LogP contribution in [0.5, 0.6) is 11.5 Å². The van der Waals surface area contributed by atoms with E-state index in [9.17, 15) is 14.7 Å². The molecule has 182 valence electrons. The van der Waals surface area contributed by atoms with Gasteiger partial charge in [-0.1, -0.05) is 29.8 Å². The Morgan fingerprint density at radius 1 is 1.08 bits per heavy atom. The van der Waals surface area contributed by atoms with Crippen LogP contribution in [0.3, 0.4) is 0 Å². The highest BCUT2D eigenvalue weighted by atomic mass is 35.5. The molecule has 0 spiro atoms. The van der Waals surface area contributed by atoms with Crippen LogP contribution in [0.25, 0.3) is 16.7 Å². The summed E-state index contributed by atoms with van der Waals surface area (Å²) in [4.78, 5) is 31.5.